The van der Waals surface area contributed by atoms with Gasteiger partial charge in [-0.05, 0) is 18.8 Å². The van der Waals surface area contributed by atoms with Crippen molar-refractivity contribution in [2.24, 2.45) is 5.92 Å². The predicted molar refractivity (Wildman–Crippen MR) is 67.6 cm³/mol. The zero-order valence-corrected chi connectivity index (χ0v) is 10.4. The highest BCUT2D eigenvalue weighted by atomic mass is 16.3. The van der Waals surface area contributed by atoms with Crippen LogP contribution in [0.25, 0.3) is 0 Å². The highest BCUT2D eigenvalue weighted by Crippen LogP contribution is 2.21. The molecule has 1 aliphatic carbocycles. The van der Waals surface area contributed by atoms with Crippen molar-refractivity contribution in [2.75, 3.05) is 13.2 Å². The van der Waals surface area contributed by atoms with Crippen LogP contribution in [0.1, 0.15) is 25.1 Å². The molecule has 2 rings (SSSR count). The van der Waals surface area contributed by atoms with Crippen LogP contribution in [-0.4, -0.2) is 39.0 Å². The molecule has 1 atom stereocenters. The van der Waals surface area contributed by atoms with Gasteiger partial charge in [-0.15, -0.1) is 0 Å². The third kappa shape index (κ3) is 3.43. The molecule has 0 bridgehead atoms. The van der Waals surface area contributed by atoms with Gasteiger partial charge in [0.2, 0.25) is 5.91 Å². The number of carbonyl (C=O) groups excluding carboxylic acids is 1. The Morgan fingerprint density at radius 2 is 2.50 bits per heavy atom. The number of nitrogens with one attached hydrogen (secondary N) is 1. The van der Waals surface area contributed by atoms with Gasteiger partial charge in [-0.25, -0.2) is 4.98 Å². The minimum atomic E-state index is -0.0209. The lowest BCUT2D eigenvalue weighted by molar-refractivity contribution is -0.133. The number of aliphatic hydroxyl groups is 1. The molecule has 0 aliphatic heterocycles. The summed E-state index contributed by atoms with van der Waals surface area (Å²) in [6, 6.07) is 0. The van der Waals surface area contributed by atoms with Crippen molar-refractivity contribution in [3.63, 3.8) is 0 Å². The zero-order valence-electron chi connectivity index (χ0n) is 10.4. The number of hydrogen-bond donors (Lipinski definition) is 2. The van der Waals surface area contributed by atoms with E-state index in [9.17, 15) is 4.79 Å². The number of imidazole rings is 1. The number of allylic oxidation sites excluding steroid dienone is 2. The number of amides is 1. The van der Waals surface area contributed by atoms with Crippen LogP contribution in [0, 0.1) is 5.92 Å². The summed E-state index contributed by atoms with van der Waals surface area (Å²) >= 11 is 0. The van der Waals surface area contributed by atoms with Crippen LogP contribution in [0.15, 0.2) is 24.5 Å². The van der Waals surface area contributed by atoms with Gasteiger partial charge in [0, 0.05) is 25.4 Å². The molecule has 1 heterocycles. The number of H-pyrrole nitrogens is 1. The van der Waals surface area contributed by atoms with Crippen molar-refractivity contribution < 1.29 is 9.90 Å². The Kier molecular flexibility index (Phi) is 4.52. The Hall–Kier alpha value is -1.62. The Morgan fingerprint density at radius 3 is 3.11 bits per heavy atom. The number of aliphatic hydroxyl groups excluding tert-OH is 1. The monoisotopic (exact) mass is 249 g/mol. The van der Waals surface area contributed by atoms with Crippen LogP contribution in [0.2, 0.25) is 0 Å². The molecule has 0 spiro atoms. The van der Waals surface area contributed by atoms with Crippen molar-refractivity contribution in [1.82, 2.24) is 14.9 Å². The molecule has 1 unspecified atom stereocenters. The molecule has 98 valence electrons. The van der Waals surface area contributed by atoms with Crippen molar-refractivity contribution in [3.05, 3.63) is 30.4 Å². The number of aromatic amines is 1. The van der Waals surface area contributed by atoms with E-state index in [1.807, 2.05) is 0 Å². The fourth-order valence-corrected chi connectivity index (χ4v) is 2.20. The molecule has 2 N–H and O–H groups in total. The lowest BCUT2D eigenvalue weighted by Gasteiger charge is -2.22. The molecular weight excluding hydrogens is 230 g/mol. The Labute approximate surface area is 107 Å². The van der Waals surface area contributed by atoms with Crippen molar-refractivity contribution in [3.8, 4) is 0 Å². The highest BCUT2D eigenvalue weighted by molar-refractivity contribution is 5.76. The Morgan fingerprint density at radius 1 is 1.61 bits per heavy atom. The summed E-state index contributed by atoms with van der Waals surface area (Å²) in [6.45, 7) is 0.770. The fraction of sp³-hybridized carbons (Fsp3) is 0.538. The van der Waals surface area contributed by atoms with Crippen molar-refractivity contribution >= 4 is 5.91 Å². The van der Waals surface area contributed by atoms with E-state index in [0.717, 1.165) is 18.7 Å². The van der Waals surface area contributed by atoms with E-state index in [1.165, 1.54) is 0 Å². The van der Waals surface area contributed by atoms with Gasteiger partial charge in [-0.2, -0.15) is 0 Å². The topological polar surface area (TPSA) is 69.2 Å². The summed E-state index contributed by atoms with van der Waals surface area (Å²) in [4.78, 5) is 20.9. The van der Waals surface area contributed by atoms with E-state index in [-0.39, 0.29) is 12.5 Å². The van der Waals surface area contributed by atoms with Crippen molar-refractivity contribution in [2.45, 2.75) is 25.8 Å². The van der Waals surface area contributed by atoms with Crippen LogP contribution < -0.4 is 0 Å². The molecule has 0 saturated carbocycles. The normalized spacial score (nSPS) is 18.2. The minimum absolute atomic E-state index is 0.0209. The first-order valence-corrected chi connectivity index (χ1v) is 6.33. The van der Waals surface area contributed by atoms with Gasteiger partial charge in [0.1, 0.15) is 5.82 Å². The van der Waals surface area contributed by atoms with Gasteiger partial charge in [-0.1, -0.05) is 12.2 Å². The van der Waals surface area contributed by atoms with Gasteiger partial charge in [0.05, 0.1) is 13.2 Å². The van der Waals surface area contributed by atoms with Crippen LogP contribution in [0.3, 0.4) is 0 Å². The van der Waals surface area contributed by atoms with Gasteiger partial charge in [-0.3, -0.25) is 4.79 Å². The summed E-state index contributed by atoms with van der Waals surface area (Å²) < 4.78 is 0. The smallest absolute Gasteiger partial charge is 0.223 e. The zero-order chi connectivity index (χ0) is 12.8. The highest BCUT2D eigenvalue weighted by Gasteiger charge is 2.19. The summed E-state index contributed by atoms with van der Waals surface area (Å²) in [5, 5.41) is 9.04. The second kappa shape index (κ2) is 6.35. The molecule has 5 heteroatoms. The Bertz CT molecular complexity index is 400. The van der Waals surface area contributed by atoms with Crippen LogP contribution >= 0.6 is 0 Å². The van der Waals surface area contributed by atoms with E-state index in [1.54, 1.807) is 17.3 Å². The van der Waals surface area contributed by atoms with Gasteiger partial charge < -0.3 is 15.0 Å². The maximum atomic E-state index is 12.2. The first-order valence-electron chi connectivity index (χ1n) is 6.33. The maximum Gasteiger partial charge on any atom is 0.223 e. The van der Waals surface area contributed by atoms with Crippen LogP contribution in [-0.2, 0) is 11.3 Å². The number of aromatic nitrogens is 2. The molecule has 18 heavy (non-hydrogen) atoms. The molecule has 5 nitrogen and oxygen atoms in total. The average molecular weight is 249 g/mol. The second-order valence-corrected chi connectivity index (χ2v) is 4.54. The third-order valence-corrected chi connectivity index (χ3v) is 3.17. The van der Waals surface area contributed by atoms with Gasteiger partial charge >= 0.3 is 0 Å². The Balaban J connectivity index is 1.91. The van der Waals surface area contributed by atoms with Gasteiger partial charge in [0.25, 0.3) is 0 Å². The quantitative estimate of drug-likeness (QED) is 0.741. The second-order valence-electron chi connectivity index (χ2n) is 4.54. The van der Waals surface area contributed by atoms with E-state index in [2.05, 4.69) is 22.1 Å². The number of carbonyl (C=O) groups is 1. The molecular formula is C13H19N3O2. The summed E-state index contributed by atoms with van der Waals surface area (Å²) in [7, 11) is 0. The summed E-state index contributed by atoms with van der Waals surface area (Å²) in [6.07, 6.45) is 10.3. The SMILES string of the molecule is O=C(CC1C=CCC1)N(CCO)Cc1ncc[nH]1. The fourth-order valence-electron chi connectivity index (χ4n) is 2.20. The van der Waals surface area contributed by atoms with E-state index in [4.69, 9.17) is 5.11 Å². The molecule has 1 amide bonds. The minimum Gasteiger partial charge on any atom is -0.395 e. The predicted octanol–water partition coefficient (Wildman–Crippen LogP) is 1.09. The maximum absolute atomic E-state index is 12.2. The lowest BCUT2D eigenvalue weighted by Crippen LogP contribution is -2.34. The average Bonchev–Trinajstić information content (AvgIpc) is 3.01. The number of hydrogen-bond acceptors (Lipinski definition) is 3. The third-order valence-electron chi connectivity index (χ3n) is 3.17. The first-order chi connectivity index (χ1) is 8.79. The number of rotatable bonds is 6. The molecule has 1 aromatic heterocycles. The molecule has 0 fully saturated rings. The summed E-state index contributed by atoms with van der Waals surface area (Å²) in [5.74, 6) is 1.19. The van der Waals surface area contributed by atoms with Gasteiger partial charge in [0.15, 0.2) is 0 Å². The standard InChI is InChI=1S/C13H19N3O2/c17-8-7-16(10-12-14-5-6-15-12)13(18)9-11-3-1-2-4-11/h1,3,5-6,11,17H,2,4,7-10H2,(H,14,15). The number of nitrogens with zero attached hydrogens (tertiary/aromatic N) is 2. The molecule has 0 radical (unpaired) electrons. The first kappa shape index (κ1) is 12.8. The molecule has 1 aromatic rings. The van der Waals surface area contributed by atoms with Crippen molar-refractivity contribution in [1.29, 1.82) is 0 Å². The molecule has 0 saturated heterocycles. The van der Waals surface area contributed by atoms with E-state index >= 15 is 0 Å². The van der Waals surface area contributed by atoms with E-state index < -0.39 is 0 Å². The lowest BCUT2D eigenvalue weighted by atomic mass is 10.0. The molecule has 0 aromatic carbocycles. The molecule has 1 aliphatic rings. The van der Waals surface area contributed by atoms with Crippen LogP contribution in [0.5, 0.6) is 0 Å². The van der Waals surface area contributed by atoms with E-state index in [0.29, 0.717) is 25.4 Å². The van der Waals surface area contributed by atoms with Crippen LogP contribution in [0.4, 0.5) is 0 Å². The summed E-state index contributed by atoms with van der Waals surface area (Å²) in [5.41, 5.74) is 0. The largest absolute Gasteiger partial charge is 0.395 e.